The minimum Gasteiger partial charge on any atom is -0.463 e. The molecule has 0 aliphatic heterocycles. The van der Waals surface area contributed by atoms with E-state index in [-0.39, 0.29) is 5.97 Å². The maximum atomic E-state index is 11.2. The molecule has 2 rings (SSSR count). The summed E-state index contributed by atoms with van der Waals surface area (Å²) in [5.41, 5.74) is 0.984. The van der Waals surface area contributed by atoms with Crippen LogP contribution in [0, 0.1) is 0 Å². The molecule has 17 heavy (non-hydrogen) atoms. The summed E-state index contributed by atoms with van der Waals surface area (Å²) in [4.78, 5) is 15.3. The van der Waals surface area contributed by atoms with Gasteiger partial charge in [0.15, 0.2) is 0 Å². The average molecular weight is 227 g/mol. The first-order valence-corrected chi connectivity index (χ1v) is 5.49. The molecule has 0 unspecified atom stereocenters. The number of carbonyl (C=O) groups excluding carboxylic acids is 1. The number of rotatable bonds is 3. The van der Waals surface area contributed by atoms with Crippen LogP contribution in [0.2, 0.25) is 0 Å². The highest BCUT2D eigenvalue weighted by Gasteiger charge is 1.98. The Morgan fingerprint density at radius 1 is 1.41 bits per heavy atom. The van der Waals surface area contributed by atoms with Gasteiger partial charge < -0.3 is 4.74 Å². The second kappa shape index (κ2) is 5.25. The number of fused-ring (bicyclic) bond motifs is 1. The lowest BCUT2D eigenvalue weighted by atomic mass is 10.1. The molecule has 1 aromatic heterocycles. The number of carbonyl (C=O) groups is 1. The third-order valence-electron chi connectivity index (χ3n) is 2.40. The number of ether oxygens (including phenoxy) is 1. The quantitative estimate of drug-likeness (QED) is 0.598. The van der Waals surface area contributed by atoms with Gasteiger partial charge in [-0.05, 0) is 30.0 Å². The molecule has 86 valence electrons. The second-order valence-electron chi connectivity index (χ2n) is 3.53. The van der Waals surface area contributed by atoms with E-state index in [4.69, 9.17) is 4.74 Å². The molecule has 0 aliphatic rings. The summed E-state index contributed by atoms with van der Waals surface area (Å²) in [5.74, 6) is -0.321. The van der Waals surface area contributed by atoms with E-state index in [0.717, 1.165) is 16.3 Å². The summed E-state index contributed by atoms with van der Waals surface area (Å²) in [6.07, 6.45) is 6.75. The predicted molar refractivity (Wildman–Crippen MR) is 67.4 cm³/mol. The highest BCUT2D eigenvalue weighted by Crippen LogP contribution is 2.18. The Morgan fingerprint density at radius 2 is 2.29 bits per heavy atom. The van der Waals surface area contributed by atoms with Gasteiger partial charge in [-0.25, -0.2) is 4.79 Å². The van der Waals surface area contributed by atoms with Crippen molar-refractivity contribution in [1.29, 1.82) is 0 Å². The molecule has 1 aromatic carbocycles. The van der Waals surface area contributed by atoms with Crippen molar-refractivity contribution < 1.29 is 9.53 Å². The van der Waals surface area contributed by atoms with Gasteiger partial charge >= 0.3 is 5.97 Å². The van der Waals surface area contributed by atoms with Crippen molar-refractivity contribution >= 4 is 22.8 Å². The van der Waals surface area contributed by atoms with Crippen molar-refractivity contribution in [3.05, 3.63) is 48.3 Å². The lowest BCUT2D eigenvalue weighted by Crippen LogP contribution is -1.98. The number of esters is 1. The number of aromatic nitrogens is 1. The summed E-state index contributed by atoms with van der Waals surface area (Å²) >= 11 is 0. The first kappa shape index (κ1) is 11.3. The Kier molecular flexibility index (Phi) is 3.50. The van der Waals surface area contributed by atoms with Gasteiger partial charge in [0.2, 0.25) is 0 Å². The van der Waals surface area contributed by atoms with Crippen molar-refractivity contribution in [3.8, 4) is 0 Å². The molecule has 0 aliphatic carbocycles. The van der Waals surface area contributed by atoms with Gasteiger partial charge in [0.25, 0.3) is 0 Å². The molecule has 0 saturated carbocycles. The van der Waals surface area contributed by atoms with Crippen LogP contribution in [0.15, 0.2) is 42.7 Å². The molecule has 0 amide bonds. The van der Waals surface area contributed by atoms with Crippen LogP contribution in [-0.2, 0) is 9.53 Å². The van der Waals surface area contributed by atoms with E-state index in [0.29, 0.717) is 6.61 Å². The zero-order valence-corrected chi connectivity index (χ0v) is 9.59. The number of hydrogen-bond donors (Lipinski definition) is 0. The Balaban J connectivity index is 2.33. The van der Waals surface area contributed by atoms with Gasteiger partial charge in [-0.2, -0.15) is 0 Å². The van der Waals surface area contributed by atoms with E-state index < -0.39 is 0 Å². The fraction of sp³-hybridized carbons (Fsp3) is 0.143. The number of benzene rings is 1. The summed E-state index contributed by atoms with van der Waals surface area (Å²) in [5, 5.41) is 2.13. The van der Waals surface area contributed by atoms with Gasteiger partial charge in [-0.1, -0.05) is 18.2 Å². The Labute approximate surface area is 99.7 Å². The standard InChI is InChI=1S/C14H13NO2/c1-2-17-14(16)7-6-11-4-3-5-12-10-15-9-8-13(11)12/h3-10H,2H2,1H3. The Bertz CT molecular complexity index is 556. The van der Waals surface area contributed by atoms with Crippen LogP contribution in [-0.4, -0.2) is 17.6 Å². The van der Waals surface area contributed by atoms with E-state index in [1.165, 1.54) is 6.08 Å². The smallest absolute Gasteiger partial charge is 0.330 e. The molecular formula is C14H13NO2. The number of nitrogens with zero attached hydrogens (tertiary/aromatic N) is 1. The van der Waals surface area contributed by atoms with Crippen molar-refractivity contribution in [3.63, 3.8) is 0 Å². The second-order valence-corrected chi connectivity index (χ2v) is 3.53. The van der Waals surface area contributed by atoms with E-state index in [1.54, 1.807) is 25.4 Å². The molecule has 2 aromatic rings. The first-order valence-electron chi connectivity index (χ1n) is 5.49. The molecule has 0 spiro atoms. The van der Waals surface area contributed by atoms with Crippen molar-refractivity contribution in [2.45, 2.75) is 6.92 Å². The molecule has 1 heterocycles. The van der Waals surface area contributed by atoms with Crippen LogP contribution in [0.1, 0.15) is 12.5 Å². The summed E-state index contributed by atoms with van der Waals surface area (Å²) in [6, 6.07) is 7.82. The average Bonchev–Trinajstić information content (AvgIpc) is 2.36. The van der Waals surface area contributed by atoms with Gasteiger partial charge in [-0.15, -0.1) is 0 Å². The molecule has 0 saturated heterocycles. The van der Waals surface area contributed by atoms with Gasteiger partial charge in [-0.3, -0.25) is 4.98 Å². The molecule has 0 radical (unpaired) electrons. The van der Waals surface area contributed by atoms with Gasteiger partial charge in [0, 0.05) is 23.9 Å². The van der Waals surface area contributed by atoms with Crippen LogP contribution >= 0.6 is 0 Å². The zero-order chi connectivity index (χ0) is 12.1. The van der Waals surface area contributed by atoms with E-state index in [9.17, 15) is 4.79 Å². The summed E-state index contributed by atoms with van der Waals surface area (Å²) in [7, 11) is 0. The fourth-order valence-electron chi connectivity index (χ4n) is 1.64. The zero-order valence-electron chi connectivity index (χ0n) is 9.59. The molecule has 3 heteroatoms. The van der Waals surface area contributed by atoms with Crippen LogP contribution in [0.25, 0.3) is 16.8 Å². The highest BCUT2D eigenvalue weighted by molar-refractivity contribution is 5.94. The first-order chi connectivity index (χ1) is 8.31. The molecule has 0 fully saturated rings. The largest absolute Gasteiger partial charge is 0.463 e. The van der Waals surface area contributed by atoms with Crippen LogP contribution in [0.5, 0.6) is 0 Å². The lowest BCUT2D eigenvalue weighted by molar-refractivity contribution is -0.137. The van der Waals surface area contributed by atoms with E-state index >= 15 is 0 Å². The van der Waals surface area contributed by atoms with Crippen LogP contribution < -0.4 is 0 Å². The highest BCUT2D eigenvalue weighted by atomic mass is 16.5. The topological polar surface area (TPSA) is 39.2 Å². The Morgan fingerprint density at radius 3 is 3.12 bits per heavy atom. The van der Waals surface area contributed by atoms with E-state index in [2.05, 4.69) is 4.98 Å². The lowest BCUT2D eigenvalue weighted by Gasteiger charge is -2.01. The third kappa shape index (κ3) is 2.69. The van der Waals surface area contributed by atoms with Crippen molar-refractivity contribution in [2.75, 3.05) is 6.61 Å². The van der Waals surface area contributed by atoms with E-state index in [1.807, 2.05) is 24.3 Å². The van der Waals surface area contributed by atoms with Crippen LogP contribution in [0.4, 0.5) is 0 Å². The molecule has 3 nitrogen and oxygen atoms in total. The predicted octanol–water partition coefficient (Wildman–Crippen LogP) is 2.81. The Hall–Kier alpha value is -2.16. The van der Waals surface area contributed by atoms with Crippen LogP contribution in [0.3, 0.4) is 0 Å². The van der Waals surface area contributed by atoms with Crippen molar-refractivity contribution in [2.24, 2.45) is 0 Å². The minimum absolute atomic E-state index is 0.321. The number of hydrogen-bond acceptors (Lipinski definition) is 3. The third-order valence-corrected chi connectivity index (χ3v) is 2.40. The molecule has 0 N–H and O–H groups in total. The van der Waals surface area contributed by atoms with Gasteiger partial charge in [0.1, 0.15) is 0 Å². The maximum absolute atomic E-state index is 11.2. The van der Waals surface area contributed by atoms with Crippen molar-refractivity contribution in [1.82, 2.24) is 4.98 Å². The number of pyridine rings is 1. The summed E-state index contributed by atoms with van der Waals surface area (Å²) < 4.78 is 4.84. The normalized spacial score (nSPS) is 10.9. The molecule has 0 atom stereocenters. The fourth-order valence-corrected chi connectivity index (χ4v) is 1.64. The SMILES string of the molecule is CCOC(=O)C=Cc1cccc2cnccc12. The monoisotopic (exact) mass is 227 g/mol. The summed E-state index contributed by atoms with van der Waals surface area (Å²) in [6.45, 7) is 2.18. The maximum Gasteiger partial charge on any atom is 0.330 e. The van der Waals surface area contributed by atoms with Gasteiger partial charge in [0.05, 0.1) is 6.61 Å². The molecular weight excluding hydrogens is 214 g/mol. The minimum atomic E-state index is -0.321. The molecule has 0 bridgehead atoms.